The van der Waals surface area contributed by atoms with Gasteiger partial charge in [-0.15, -0.1) is 0 Å². The van der Waals surface area contributed by atoms with Gasteiger partial charge in [0.15, 0.2) is 0 Å². The van der Waals surface area contributed by atoms with Crippen LogP contribution in [0.3, 0.4) is 0 Å². The van der Waals surface area contributed by atoms with E-state index in [1.165, 1.54) is 11.1 Å². The minimum absolute atomic E-state index is 0.0911. The van der Waals surface area contributed by atoms with Crippen LogP contribution in [0, 0.1) is 0 Å². The highest BCUT2D eigenvalue weighted by Crippen LogP contribution is 2.33. The Bertz CT molecular complexity index is 770. The zero-order chi connectivity index (χ0) is 16.9. The van der Waals surface area contributed by atoms with Gasteiger partial charge < -0.3 is 5.11 Å². The van der Waals surface area contributed by atoms with E-state index >= 15 is 0 Å². The van der Waals surface area contributed by atoms with Gasteiger partial charge in [-0.05, 0) is 29.2 Å². The summed E-state index contributed by atoms with van der Waals surface area (Å²) in [5, 5.41) is 9.30. The van der Waals surface area contributed by atoms with Crippen LogP contribution < -0.4 is 0 Å². The van der Waals surface area contributed by atoms with E-state index in [2.05, 4.69) is 30.3 Å². The van der Waals surface area contributed by atoms with Crippen molar-refractivity contribution < 1.29 is 9.90 Å². The molecule has 0 aromatic heterocycles. The fraction of sp³-hybridized carbons (Fsp3) is 0.136. The molecule has 120 valence electrons. The number of carboxylic acid groups (broad SMARTS) is 1. The van der Waals surface area contributed by atoms with Gasteiger partial charge in [0.1, 0.15) is 0 Å². The van der Waals surface area contributed by atoms with Crippen molar-refractivity contribution in [3.8, 4) is 0 Å². The molecule has 1 N–H and O–H groups in total. The van der Waals surface area contributed by atoms with Crippen LogP contribution in [0.25, 0.3) is 0 Å². The molecule has 0 aliphatic carbocycles. The average Bonchev–Trinajstić information content (AvgIpc) is 2.63. The molecule has 0 saturated carbocycles. The van der Waals surface area contributed by atoms with E-state index in [0.717, 1.165) is 11.1 Å². The lowest BCUT2D eigenvalue weighted by atomic mass is 9.83. The zero-order valence-corrected chi connectivity index (χ0v) is 13.6. The zero-order valence-electron chi connectivity index (χ0n) is 13.6. The van der Waals surface area contributed by atoms with E-state index in [1.54, 1.807) is 6.92 Å². The Morgan fingerprint density at radius 3 is 1.67 bits per heavy atom. The molecule has 24 heavy (non-hydrogen) atoms. The maximum Gasteiger partial charge on any atom is 0.310 e. The molecule has 0 radical (unpaired) electrons. The van der Waals surface area contributed by atoms with Crippen LogP contribution >= 0.6 is 0 Å². The first-order valence-electron chi connectivity index (χ1n) is 8.09. The Morgan fingerprint density at radius 1 is 0.708 bits per heavy atom. The highest BCUT2D eigenvalue weighted by molar-refractivity contribution is 5.75. The summed E-state index contributed by atoms with van der Waals surface area (Å²) in [6, 6.07) is 28.5. The summed E-state index contributed by atoms with van der Waals surface area (Å²) in [7, 11) is 0. The molecule has 0 aliphatic rings. The summed E-state index contributed by atoms with van der Waals surface area (Å²) in [6.45, 7) is 1.72. The summed E-state index contributed by atoms with van der Waals surface area (Å²) >= 11 is 0. The molecule has 0 fully saturated rings. The molecular weight excluding hydrogens is 296 g/mol. The van der Waals surface area contributed by atoms with E-state index in [1.807, 2.05) is 54.6 Å². The van der Waals surface area contributed by atoms with Gasteiger partial charge in [-0.1, -0.05) is 84.9 Å². The molecular formula is C22H20O2. The van der Waals surface area contributed by atoms with Gasteiger partial charge in [0.05, 0.1) is 5.92 Å². The number of carbonyl (C=O) groups is 1. The van der Waals surface area contributed by atoms with Crippen molar-refractivity contribution in [1.29, 1.82) is 0 Å². The molecule has 2 heteroatoms. The highest BCUT2D eigenvalue weighted by atomic mass is 16.4. The van der Waals surface area contributed by atoms with E-state index in [-0.39, 0.29) is 5.92 Å². The summed E-state index contributed by atoms with van der Waals surface area (Å²) in [5.41, 5.74) is 4.34. The minimum atomic E-state index is -0.803. The number of benzene rings is 3. The van der Waals surface area contributed by atoms with Gasteiger partial charge >= 0.3 is 5.97 Å². The minimum Gasteiger partial charge on any atom is -0.481 e. The van der Waals surface area contributed by atoms with Crippen molar-refractivity contribution in [2.45, 2.75) is 18.8 Å². The predicted molar refractivity (Wildman–Crippen MR) is 96.3 cm³/mol. The molecule has 1 atom stereocenters. The van der Waals surface area contributed by atoms with Gasteiger partial charge in [0, 0.05) is 5.92 Å². The maximum absolute atomic E-state index is 11.3. The normalized spacial score (nSPS) is 12.1. The molecule has 0 bridgehead atoms. The second kappa shape index (κ2) is 7.14. The molecule has 3 rings (SSSR count). The van der Waals surface area contributed by atoms with Crippen molar-refractivity contribution in [1.82, 2.24) is 0 Å². The van der Waals surface area contributed by atoms with Crippen molar-refractivity contribution >= 4 is 5.97 Å². The average molecular weight is 316 g/mol. The number of hydrogen-bond acceptors (Lipinski definition) is 1. The maximum atomic E-state index is 11.3. The number of carboxylic acids is 1. The van der Waals surface area contributed by atoms with Crippen LogP contribution in [0.5, 0.6) is 0 Å². The molecule has 3 aromatic carbocycles. The third kappa shape index (κ3) is 3.38. The lowest BCUT2D eigenvalue weighted by Crippen LogP contribution is -2.09. The van der Waals surface area contributed by atoms with Crippen LogP contribution in [0.2, 0.25) is 0 Å². The Kier molecular flexibility index (Phi) is 4.76. The van der Waals surface area contributed by atoms with Crippen molar-refractivity contribution in [2.75, 3.05) is 0 Å². The molecule has 3 aromatic rings. The lowest BCUT2D eigenvalue weighted by Gasteiger charge is -2.20. The lowest BCUT2D eigenvalue weighted by molar-refractivity contribution is -0.138. The van der Waals surface area contributed by atoms with E-state index in [9.17, 15) is 9.90 Å². The Balaban J connectivity index is 2.10. The first-order chi connectivity index (χ1) is 11.7. The fourth-order valence-corrected chi connectivity index (χ4v) is 3.02. The first kappa shape index (κ1) is 16.0. The topological polar surface area (TPSA) is 37.3 Å². The first-order valence-corrected chi connectivity index (χ1v) is 8.09. The molecule has 0 heterocycles. The van der Waals surface area contributed by atoms with Crippen molar-refractivity contribution in [3.05, 3.63) is 107 Å². The summed E-state index contributed by atoms with van der Waals surface area (Å²) in [6.07, 6.45) is 0. The Morgan fingerprint density at radius 2 is 1.17 bits per heavy atom. The van der Waals surface area contributed by atoms with Gasteiger partial charge in [0.25, 0.3) is 0 Å². The quantitative estimate of drug-likeness (QED) is 0.668. The van der Waals surface area contributed by atoms with Crippen LogP contribution in [-0.2, 0) is 4.79 Å². The van der Waals surface area contributed by atoms with E-state index in [4.69, 9.17) is 0 Å². The van der Waals surface area contributed by atoms with Crippen LogP contribution in [0.1, 0.15) is 41.0 Å². The molecule has 0 amide bonds. The number of aliphatic carboxylic acids is 1. The summed E-state index contributed by atoms with van der Waals surface area (Å²) in [4.78, 5) is 11.3. The molecule has 0 spiro atoms. The fourth-order valence-electron chi connectivity index (χ4n) is 3.02. The second-order valence-electron chi connectivity index (χ2n) is 5.98. The summed E-state index contributed by atoms with van der Waals surface area (Å²) < 4.78 is 0. The molecule has 2 nitrogen and oxygen atoms in total. The van der Waals surface area contributed by atoms with E-state index < -0.39 is 11.9 Å². The van der Waals surface area contributed by atoms with Gasteiger partial charge in [-0.3, -0.25) is 4.79 Å². The second-order valence-corrected chi connectivity index (χ2v) is 5.98. The molecule has 0 aliphatic heterocycles. The van der Waals surface area contributed by atoms with Crippen LogP contribution in [0.15, 0.2) is 84.9 Å². The van der Waals surface area contributed by atoms with Crippen LogP contribution in [0.4, 0.5) is 0 Å². The number of rotatable bonds is 5. The van der Waals surface area contributed by atoms with E-state index in [0.29, 0.717) is 0 Å². The third-order valence-electron chi connectivity index (χ3n) is 4.38. The van der Waals surface area contributed by atoms with Gasteiger partial charge in [-0.2, -0.15) is 0 Å². The largest absolute Gasteiger partial charge is 0.481 e. The smallest absolute Gasteiger partial charge is 0.310 e. The van der Waals surface area contributed by atoms with Crippen molar-refractivity contribution in [2.24, 2.45) is 0 Å². The number of hydrogen-bond donors (Lipinski definition) is 1. The Labute approximate surface area is 142 Å². The highest BCUT2D eigenvalue weighted by Gasteiger charge is 2.19. The SMILES string of the molecule is CC(C(=O)O)c1cccc(C(c2ccccc2)c2ccccc2)c1. The van der Waals surface area contributed by atoms with Crippen molar-refractivity contribution in [3.63, 3.8) is 0 Å². The predicted octanol–water partition coefficient (Wildman–Crippen LogP) is 5.05. The van der Waals surface area contributed by atoms with Gasteiger partial charge in [-0.25, -0.2) is 0 Å². The third-order valence-corrected chi connectivity index (χ3v) is 4.38. The summed E-state index contributed by atoms with van der Waals surface area (Å²) in [5.74, 6) is -1.23. The monoisotopic (exact) mass is 316 g/mol. The Hall–Kier alpha value is -2.87. The standard InChI is InChI=1S/C22H20O2/c1-16(22(23)24)19-13-8-14-20(15-19)21(17-9-4-2-5-10-17)18-11-6-3-7-12-18/h2-16,21H,1H3,(H,23,24). The molecule has 0 saturated heterocycles. The van der Waals surface area contributed by atoms with Crippen LogP contribution in [-0.4, -0.2) is 11.1 Å². The molecule has 1 unspecified atom stereocenters. The van der Waals surface area contributed by atoms with Gasteiger partial charge in [0.2, 0.25) is 0 Å².